The number of hydrogen-bond donors (Lipinski definition) is 0. The SMILES string of the molecule is CC(C)(C)N1CCC2(CC1)CCN(C(C)(C)C)C2. The average Bonchev–Trinajstić information content (AvgIpc) is 2.61. The van der Waals surface area contributed by atoms with Crippen molar-refractivity contribution in [1.29, 1.82) is 0 Å². The number of nitrogens with zero attached hydrogens (tertiary/aromatic N) is 2. The van der Waals surface area contributed by atoms with E-state index < -0.39 is 0 Å². The zero-order chi connectivity index (χ0) is 13.6. The van der Waals surface area contributed by atoms with Gasteiger partial charge in [-0.25, -0.2) is 0 Å². The van der Waals surface area contributed by atoms with Gasteiger partial charge in [-0.2, -0.15) is 0 Å². The van der Waals surface area contributed by atoms with E-state index >= 15 is 0 Å². The van der Waals surface area contributed by atoms with Gasteiger partial charge in [0.25, 0.3) is 0 Å². The number of rotatable bonds is 0. The maximum Gasteiger partial charge on any atom is 0.0125 e. The number of likely N-dealkylation sites (tertiary alicyclic amines) is 2. The van der Waals surface area contributed by atoms with Crippen LogP contribution >= 0.6 is 0 Å². The van der Waals surface area contributed by atoms with E-state index in [0.29, 0.717) is 16.5 Å². The highest BCUT2D eigenvalue weighted by atomic mass is 15.2. The predicted molar refractivity (Wildman–Crippen MR) is 78.9 cm³/mol. The van der Waals surface area contributed by atoms with Crippen molar-refractivity contribution < 1.29 is 0 Å². The summed E-state index contributed by atoms with van der Waals surface area (Å²) in [7, 11) is 0. The summed E-state index contributed by atoms with van der Waals surface area (Å²) in [4.78, 5) is 5.36. The van der Waals surface area contributed by atoms with Crippen molar-refractivity contribution in [2.75, 3.05) is 26.2 Å². The van der Waals surface area contributed by atoms with Crippen LogP contribution in [0.4, 0.5) is 0 Å². The third kappa shape index (κ3) is 2.91. The van der Waals surface area contributed by atoms with E-state index in [-0.39, 0.29) is 0 Å². The molecule has 1 spiro atoms. The molecule has 2 nitrogen and oxygen atoms in total. The summed E-state index contributed by atoms with van der Waals surface area (Å²) < 4.78 is 0. The molecule has 0 unspecified atom stereocenters. The molecule has 2 fully saturated rings. The first-order valence-electron chi connectivity index (χ1n) is 7.63. The second kappa shape index (κ2) is 4.49. The van der Waals surface area contributed by atoms with Crippen molar-refractivity contribution in [2.24, 2.45) is 5.41 Å². The Bertz CT molecular complexity index is 287. The lowest BCUT2D eigenvalue weighted by Gasteiger charge is -2.45. The Kier molecular flexibility index (Phi) is 3.57. The maximum atomic E-state index is 2.69. The van der Waals surface area contributed by atoms with E-state index in [4.69, 9.17) is 0 Å². The van der Waals surface area contributed by atoms with Crippen LogP contribution in [0, 0.1) is 5.41 Å². The van der Waals surface area contributed by atoms with Gasteiger partial charge >= 0.3 is 0 Å². The van der Waals surface area contributed by atoms with Crippen molar-refractivity contribution in [1.82, 2.24) is 9.80 Å². The zero-order valence-corrected chi connectivity index (χ0v) is 13.3. The molecule has 2 rings (SSSR count). The summed E-state index contributed by atoms with van der Waals surface area (Å²) in [6, 6.07) is 0. The molecule has 2 saturated heterocycles. The second-order valence-electron chi connectivity index (χ2n) is 8.50. The molecule has 0 atom stereocenters. The predicted octanol–water partition coefficient (Wildman–Crippen LogP) is 3.37. The summed E-state index contributed by atoms with van der Waals surface area (Å²) in [6.07, 6.45) is 4.22. The Hall–Kier alpha value is -0.0800. The lowest BCUT2D eigenvalue weighted by atomic mass is 9.77. The van der Waals surface area contributed by atoms with Gasteiger partial charge in [-0.1, -0.05) is 0 Å². The molecule has 0 aromatic heterocycles. The molecular weight excluding hydrogens is 220 g/mol. The zero-order valence-electron chi connectivity index (χ0n) is 13.3. The summed E-state index contributed by atoms with van der Waals surface area (Å²) in [5, 5.41) is 0. The van der Waals surface area contributed by atoms with Gasteiger partial charge in [0.1, 0.15) is 0 Å². The second-order valence-corrected chi connectivity index (χ2v) is 8.50. The van der Waals surface area contributed by atoms with E-state index in [0.717, 1.165) is 0 Å². The lowest BCUT2D eigenvalue weighted by molar-refractivity contribution is 0.0396. The molecule has 0 bridgehead atoms. The molecule has 0 aromatic carbocycles. The molecule has 0 amide bonds. The summed E-state index contributed by atoms with van der Waals surface area (Å²) in [5.41, 5.74) is 1.34. The van der Waals surface area contributed by atoms with Gasteiger partial charge in [-0.05, 0) is 85.9 Å². The summed E-state index contributed by atoms with van der Waals surface area (Å²) >= 11 is 0. The van der Waals surface area contributed by atoms with Gasteiger partial charge in [-0.15, -0.1) is 0 Å². The van der Waals surface area contributed by atoms with E-state index in [2.05, 4.69) is 51.3 Å². The van der Waals surface area contributed by atoms with Crippen LogP contribution in [0.15, 0.2) is 0 Å². The van der Waals surface area contributed by atoms with Crippen molar-refractivity contribution in [2.45, 2.75) is 71.9 Å². The molecule has 2 aliphatic rings. The van der Waals surface area contributed by atoms with Crippen LogP contribution in [0.1, 0.15) is 60.8 Å². The first-order chi connectivity index (χ1) is 8.12. The molecule has 0 aromatic rings. The van der Waals surface area contributed by atoms with Crippen LogP contribution in [0.2, 0.25) is 0 Å². The fourth-order valence-electron chi connectivity index (χ4n) is 3.57. The minimum atomic E-state index is 0.351. The van der Waals surface area contributed by atoms with Crippen LogP contribution in [-0.2, 0) is 0 Å². The van der Waals surface area contributed by atoms with E-state index in [1.807, 2.05) is 0 Å². The van der Waals surface area contributed by atoms with Crippen LogP contribution in [0.3, 0.4) is 0 Å². The Morgan fingerprint density at radius 2 is 1.06 bits per heavy atom. The highest BCUT2D eigenvalue weighted by molar-refractivity contribution is 4.98. The van der Waals surface area contributed by atoms with Crippen molar-refractivity contribution in [3.63, 3.8) is 0 Å². The topological polar surface area (TPSA) is 6.48 Å². The van der Waals surface area contributed by atoms with Gasteiger partial charge in [0.05, 0.1) is 0 Å². The quantitative estimate of drug-likeness (QED) is 0.652. The summed E-state index contributed by atoms with van der Waals surface area (Å²) in [6.45, 7) is 19.3. The molecule has 2 heteroatoms. The van der Waals surface area contributed by atoms with Crippen molar-refractivity contribution in [3.05, 3.63) is 0 Å². The van der Waals surface area contributed by atoms with Gasteiger partial charge in [0.2, 0.25) is 0 Å². The van der Waals surface area contributed by atoms with Crippen LogP contribution < -0.4 is 0 Å². The largest absolute Gasteiger partial charge is 0.298 e. The van der Waals surface area contributed by atoms with Gasteiger partial charge in [0, 0.05) is 17.6 Å². The Morgan fingerprint density at radius 1 is 0.667 bits per heavy atom. The molecule has 106 valence electrons. The highest BCUT2D eigenvalue weighted by Gasteiger charge is 2.44. The molecule has 18 heavy (non-hydrogen) atoms. The van der Waals surface area contributed by atoms with Crippen molar-refractivity contribution >= 4 is 0 Å². The molecule has 2 heterocycles. The first-order valence-corrected chi connectivity index (χ1v) is 7.63. The third-order valence-electron chi connectivity index (χ3n) is 5.16. The Morgan fingerprint density at radius 3 is 1.39 bits per heavy atom. The van der Waals surface area contributed by atoms with Gasteiger partial charge in [0.15, 0.2) is 0 Å². The molecule has 0 radical (unpaired) electrons. The summed E-state index contributed by atoms with van der Waals surface area (Å²) in [5.74, 6) is 0. The van der Waals surface area contributed by atoms with Crippen molar-refractivity contribution in [3.8, 4) is 0 Å². The van der Waals surface area contributed by atoms with E-state index in [1.54, 1.807) is 0 Å². The Labute approximate surface area is 114 Å². The minimum Gasteiger partial charge on any atom is -0.298 e. The van der Waals surface area contributed by atoms with Gasteiger partial charge < -0.3 is 0 Å². The molecule has 0 saturated carbocycles. The lowest BCUT2D eigenvalue weighted by Crippen LogP contribution is -2.50. The fraction of sp³-hybridized carbons (Fsp3) is 1.00. The minimum absolute atomic E-state index is 0.351. The van der Waals surface area contributed by atoms with Gasteiger partial charge in [-0.3, -0.25) is 9.80 Å². The Balaban J connectivity index is 1.94. The fourth-order valence-corrected chi connectivity index (χ4v) is 3.57. The number of piperidine rings is 1. The van der Waals surface area contributed by atoms with Crippen LogP contribution in [-0.4, -0.2) is 47.1 Å². The van der Waals surface area contributed by atoms with E-state index in [1.165, 1.54) is 45.4 Å². The monoisotopic (exact) mass is 252 g/mol. The van der Waals surface area contributed by atoms with E-state index in [9.17, 15) is 0 Å². The molecule has 0 N–H and O–H groups in total. The van der Waals surface area contributed by atoms with Crippen LogP contribution in [0.5, 0.6) is 0 Å². The highest BCUT2D eigenvalue weighted by Crippen LogP contribution is 2.43. The molecule has 2 aliphatic heterocycles. The average molecular weight is 252 g/mol. The third-order valence-corrected chi connectivity index (χ3v) is 5.16. The molecular formula is C16H32N2. The van der Waals surface area contributed by atoms with Crippen LogP contribution in [0.25, 0.3) is 0 Å². The smallest absolute Gasteiger partial charge is 0.0125 e. The maximum absolute atomic E-state index is 2.69. The number of hydrogen-bond acceptors (Lipinski definition) is 2. The molecule has 0 aliphatic carbocycles. The standard InChI is InChI=1S/C16H32N2/c1-14(2,3)17-10-7-16(8-11-17)9-12-18(13-16)15(4,5)6/h7-13H2,1-6H3. The normalized spacial score (nSPS) is 27.0. The first kappa shape index (κ1) is 14.3.